The van der Waals surface area contributed by atoms with Gasteiger partial charge in [-0.25, -0.2) is 0 Å². The number of ether oxygens (including phenoxy) is 3. The number of carbonyl (C=O) groups excluding carboxylic acids is 2. The predicted molar refractivity (Wildman–Crippen MR) is 169 cm³/mol. The minimum atomic E-state index is -0.494. The van der Waals surface area contributed by atoms with E-state index in [0.29, 0.717) is 19.6 Å². The summed E-state index contributed by atoms with van der Waals surface area (Å²) in [6.45, 7) is 5.44. The van der Waals surface area contributed by atoms with E-state index in [1.165, 1.54) is 128 Å². The fourth-order valence-corrected chi connectivity index (χ4v) is 6.56. The topological polar surface area (TPSA) is 61.8 Å². The molecule has 1 saturated carbocycles. The molecule has 2 bridgehead atoms. The molecule has 41 heavy (non-hydrogen) atoms. The van der Waals surface area contributed by atoms with E-state index in [9.17, 15) is 9.59 Å². The Morgan fingerprint density at radius 1 is 0.512 bits per heavy atom. The highest BCUT2D eigenvalue weighted by Crippen LogP contribution is 2.43. The van der Waals surface area contributed by atoms with Crippen LogP contribution in [0, 0.1) is 11.8 Å². The van der Waals surface area contributed by atoms with Gasteiger partial charge in [0.1, 0.15) is 0 Å². The Kier molecular flexibility index (Phi) is 21.4. The maximum Gasteiger partial charge on any atom is 0.312 e. The van der Waals surface area contributed by atoms with Gasteiger partial charge in [-0.05, 0) is 19.3 Å². The number of rotatable bonds is 28. The number of hydrogen-bond donors (Lipinski definition) is 0. The van der Waals surface area contributed by atoms with Crippen LogP contribution in [0.4, 0.5) is 0 Å². The molecule has 0 aromatic rings. The van der Waals surface area contributed by atoms with E-state index in [1.54, 1.807) is 0 Å². The first-order valence-electron chi connectivity index (χ1n) is 18.2. The molecule has 4 unspecified atom stereocenters. The zero-order chi connectivity index (χ0) is 29.4. The summed E-state index contributed by atoms with van der Waals surface area (Å²) in [5, 5.41) is 0. The van der Waals surface area contributed by atoms with Crippen molar-refractivity contribution < 1.29 is 23.8 Å². The standard InChI is InChI=1S/C36H66O5/c1-3-5-7-9-11-13-15-17-19-21-23-25-27-39-35(37)32-29-31-30-33(41-31)34(32)36(38)40-28-26-24-22-20-18-16-14-12-10-8-6-4-2/h31-34H,3-30H2,1-2H3. The van der Waals surface area contributed by atoms with Gasteiger partial charge in [0.2, 0.25) is 0 Å². The quantitative estimate of drug-likeness (QED) is 0.0682. The van der Waals surface area contributed by atoms with Crippen molar-refractivity contribution in [2.45, 2.75) is 193 Å². The lowest BCUT2D eigenvalue weighted by Crippen LogP contribution is -2.57. The normalized spacial score (nSPS) is 21.4. The van der Waals surface area contributed by atoms with Gasteiger partial charge in [-0.1, -0.05) is 155 Å². The lowest BCUT2D eigenvalue weighted by molar-refractivity contribution is -0.222. The molecule has 2 aliphatic heterocycles. The lowest BCUT2D eigenvalue weighted by atomic mass is 9.72. The fraction of sp³-hybridized carbons (Fsp3) is 0.944. The van der Waals surface area contributed by atoms with Crippen molar-refractivity contribution in [2.24, 2.45) is 11.8 Å². The van der Waals surface area contributed by atoms with Gasteiger partial charge in [-0.3, -0.25) is 9.59 Å². The molecule has 1 aliphatic carbocycles. The molecule has 0 N–H and O–H groups in total. The van der Waals surface area contributed by atoms with Crippen LogP contribution in [0.1, 0.15) is 181 Å². The Labute approximate surface area is 253 Å². The third kappa shape index (κ3) is 16.4. The molecule has 5 nitrogen and oxygen atoms in total. The summed E-state index contributed by atoms with van der Waals surface area (Å²) in [5.41, 5.74) is 0. The van der Waals surface area contributed by atoms with Gasteiger partial charge in [-0.15, -0.1) is 0 Å². The van der Waals surface area contributed by atoms with Crippen molar-refractivity contribution in [3.05, 3.63) is 0 Å². The molecule has 2 heterocycles. The number of carbonyl (C=O) groups is 2. The minimum Gasteiger partial charge on any atom is -0.465 e. The first-order chi connectivity index (χ1) is 20.2. The average Bonchev–Trinajstić information content (AvgIpc) is 2.96. The van der Waals surface area contributed by atoms with Crippen LogP contribution in [-0.2, 0) is 23.8 Å². The van der Waals surface area contributed by atoms with Gasteiger partial charge >= 0.3 is 11.9 Å². The highest BCUT2D eigenvalue weighted by molar-refractivity contribution is 5.83. The molecule has 0 aromatic carbocycles. The van der Waals surface area contributed by atoms with Gasteiger partial charge in [0, 0.05) is 6.42 Å². The van der Waals surface area contributed by atoms with Crippen molar-refractivity contribution in [3.8, 4) is 0 Å². The Morgan fingerprint density at radius 3 is 1.24 bits per heavy atom. The zero-order valence-electron chi connectivity index (χ0n) is 27.1. The highest BCUT2D eigenvalue weighted by Gasteiger charge is 2.54. The van der Waals surface area contributed by atoms with Crippen molar-refractivity contribution in [2.75, 3.05) is 13.2 Å². The lowest BCUT2D eigenvalue weighted by Gasteiger charge is -2.48. The average molecular weight is 579 g/mol. The fourth-order valence-electron chi connectivity index (χ4n) is 6.56. The van der Waals surface area contributed by atoms with Crippen molar-refractivity contribution in [1.29, 1.82) is 0 Å². The molecule has 0 amide bonds. The Hall–Kier alpha value is -1.10. The zero-order valence-corrected chi connectivity index (χ0v) is 27.1. The molecule has 3 fully saturated rings. The molecule has 4 atom stereocenters. The number of unbranched alkanes of at least 4 members (excludes halogenated alkanes) is 22. The predicted octanol–water partition coefficient (Wildman–Crippen LogP) is 10.3. The van der Waals surface area contributed by atoms with Crippen LogP contribution >= 0.6 is 0 Å². The second-order valence-electron chi connectivity index (χ2n) is 13.0. The largest absolute Gasteiger partial charge is 0.465 e. The molecule has 0 aromatic heterocycles. The summed E-state index contributed by atoms with van der Waals surface area (Å²) in [6, 6.07) is 0. The summed E-state index contributed by atoms with van der Waals surface area (Å²) in [6.07, 6.45) is 32.2. The first-order valence-corrected chi connectivity index (χ1v) is 18.2. The van der Waals surface area contributed by atoms with Crippen LogP contribution in [0.2, 0.25) is 0 Å². The van der Waals surface area contributed by atoms with E-state index in [2.05, 4.69) is 13.8 Å². The van der Waals surface area contributed by atoms with Crippen LogP contribution in [0.3, 0.4) is 0 Å². The minimum absolute atomic E-state index is 0.101. The monoisotopic (exact) mass is 578 g/mol. The number of hydrogen-bond acceptors (Lipinski definition) is 5. The molecular formula is C36H66O5. The molecule has 0 spiro atoms. The molecule has 240 valence electrons. The van der Waals surface area contributed by atoms with Crippen molar-refractivity contribution in [3.63, 3.8) is 0 Å². The molecule has 3 rings (SSSR count). The van der Waals surface area contributed by atoms with Crippen LogP contribution in [-0.4, -0.2) is 37.4 Å². The van der Waals surface area contributed by atoms with E-state index in [0.717, 1.165) is 32.1 Å². The smallest absolute Gasteiger partial charge is 0.312 e. The number of fused-ring (bicyclic) bond motifs is 2. The maximum absolute atomic E-state index is 12.9. The maximum atomic E-state index is 12.9. The Balaban J connectivity index is 1.47. The first kappa shape index (κ1) is 36.1. The van der Waals surface area contributed by atoms with Gasteiger partial charge in [-0.2, -0.15) is 0 Å². The third-order valence-electron chi connectivity index (χ3n) is 9.27. The number of esters is 2. The van der Waals surface area contributed by atoms with Crippen molar-refractivity contribution in [1.82, 2.24) is 0 Å². The highest BCUT2D eigenvalue weighted by atomic mass is 16.6. The summed E-state index contributed by atoms with van der Waals surface area (Å²) >= 11 is 0. The SMILES string of the molecule is CCCCCCCCCCCCCCOC(=O)C1CC2CC(O2)C1C(=O)OCCCCCCCCCCCCCC. The van der Waals surface area contributed by atoms with Crippen LogP contribution in [0.25, 0.3) is 0 Å². The van der Waals surface area contributed by atoms with Crippen LogP contribution in [0.5, 0.6) is 0 Å². The summed E-state index contributed by atoms with van der Waals surface area (Å²) in [4.78, 5) is 25.8. The van der Waals surface area contributed by atoms with E-state index in [-0.39, 0.29) is 24.1 Å². The van der Waals surface area contributed by atoms with Gasteiger partial charge in [0.15, 0.2) is 0 Å². The van der Waals surface area contributed by atoms with Crippen LogP contribution in [0.15, 0.2) is 0 Å². The molecule has 5 heteroatoms. The van der Waals surface area contributed by atoms with Crippen LogP contribution < -0.4 is 0 Å². The summed E-state index contributed by atoms with van der Waals surface area (Å²) in [5.74, 6) is -1.38. The molecule has 2 saturated heterocycles. The third-order valence-corrected chi connectivity index (χ3v) is 9.27. The van der Waals surface area contributed by atoms with E-state index in [1.807, 2.05) is 0 Å². The van der Waals surface area contributed by atoms with E-state index >= 15 is 0 Å². The summed E-state index contributed by atoms with van der Waals surface area (Å²) < 4.78 is 17.1. The van der Waals surface area contributed by atoms with Crippen molar-refractivity contribution >= 4 is 11.9 Å². The Bertz CT molecular complexity index is 644. The molecule has 3 aliphatic rings. The van der Waals surface area contributed by atoms with E-state index < -0.39 is 11.8 Å². The summed E-state index contributed by atoms with van der Waals surface area (Å²) in [7, 11) is 0. The van der Waals surface area contributed by atoms with Gasteiger partial charge in [0.25, 0.3) is 0 Å². The molecule has 0 radical (unpaired) electrons. The second kappa shape index (κ2) is 24.4. The Morgan fingerprint density at radius 2 is 0.854 bits per heavy atom. The van der Waals surface area contributed by atoms with Gasteiger partial charge < -0.3 is 14.2 Å². The second-order valence-corrected chi connectivity index (χ2v) is 13.0. The van der Waals surface area contributed by atoms with Gasteiger partial charge in [0.05, 0.1) is 37.3 Å². The van der Waals surface area contributed by atoms with E-state index in [4.69, 9.17) is 14.2 Å². The molecular weight excluding hydrogens is 512 g/mol.